The molecule has 5 nitrogen and oxygen atoms in total. The topological polar surface area (TPSA) is 67.1 Å². The van der Waals surface area contributed by atoms with Crippen molar-refractivity contribution in [1.29, 1.82) is 0 Å². The smallest absolute Gasteiger partial charge is 0.133 e. The standard InChI is InChI=1S/C14H25N5/c1-19(9-6-12-4-2-5-12)14-10-13(17-11-18-14)16-8-3-7-15/h10-12H,2-9,15H2,1H3,(H,16,17,18). The molecule has 1 aliphatic rings. The molecule has 106 valence electrons. The molecule has 0 amide bonds. The number of nitrogens with two attached hydrogens (primary N) is 1. The largest absolute Gasteiger partial charge is 0.370 e. The van der Waals surface area contributed by atoms with Crippen molar-refractivity contribution in [2.45, 2.75) is 32.1 Å². The van der Waals surface area contributed by atoms with E-state index in [4.69, 9.17) is 5.73 Å². The maximum Gasteiger partial charge on any atom is 0.133 e. The summed E-state index contributed by atoms with van der Waals surface area (Å²) < 4.78 is 0. The normalized spacial score (nSPS) is 15.1. The zero-order chi connectivity index (χ0) is 13.5. The second kappa shape index (κ2) is 7.28. The first-order valence-corrected chi connectivity index (χ1v) is 7.26. The van der Waals surface area contributed by atoms with Gasteiger partial charge in [0.2, 0.25) is 0 Å². The van der Waals surface area contributed by atoms with Gasteiger partial charge in [0, 0.05) is 26.2 Å². The molecule has 0 saturated heterocycles. The van der Waals surface area contributed by atoms with E-state index >= 15 is 0 Å². The fourth-order valence-corrected chi connectivity index (χ4v) is 2.24. The lowest BCUT2D eigenvalue weighted by molar-refractivity contribution is 0.299. The highest BCUT2D eigenvalue weighted by molar-refractivity contribution is 5.47. The summed E-state index contributed by atoms with van der Waals surface area (Å²) in [4.78, 5) is 10.8. The lowest BCUT2D eigenvalue weighted by Gasteiger charge is -2.28. The van der Waals surface area contributed by atoms with Crippen molar-refractivity contribution in [3.8, 4) is 0 Å². The number of nitrogens with zero attached hydrogens (tertiary/aromatic N) is 3. The predicted octanol–water partition coefficient (Wildman–Crippen LogP) is 1.86. The van der Waals surface area contributed by atoms with Crippen LogP contribution in [0.15, 0.2) is 12.4 Å². The van der Waals surface area contributed by atoms with Crippen LogP contribution in [-0.2, 0) is 0 Å². The van der Waals surface area contributed by atoms with Crippen LogP contribution in [0.4, 0.5) is 11.6 Å². The molecule has 3 N–H and O–H groups in total. The molecule has 1 aliphatic carbocycles. The van der Waals surface area contributed by atoms with Gasteiger partial charge >= 0.3 is 0 Å². The molecular weight excluding hydrogens is 238 g/mol. The van der Waals surface area contributed by atoms with E-state index in [9.17, 15) is 0 Å². The van der Waals surface area contributed by atoms with Gasteiger partial charge in [0.1, 0.15) is 18.0 Å². The van der Waals surface area contributed by atoms with Crippen LogP contribution in [0.5, 0.6) is 0 Å². The van der Waals surface area contributed by atoms with E-state index in [-0.39, 0.29) is 0 Å². The van der Waals surface area contributed by atoms with Crippen molar-refractivity contribution in [3.63, 3.8) is 0 Å². The third kappa shape index (κ3) is 4.35. The zero-order valence-electron chi connectivity index (χ0n) is 11.8. The maximum atomic E-state index is 5.48. The lowest BCUT2D eigenvalue weighted by atomic mass is 9.83. The maximum absolute atomic E-state index is 5.48. The quantitative estimate of drug-likeness (QED) is 0.701. The van der Waals surface area contributed by atoms with E-state index in [1.165, 1.54) is 25.7 Å². The van der Waals surface area contributed by atoms with Crippen LogP contribution in [0.3, 0.4) is 0 Å². The van der Waals surface area contributed by atoms with Crippen LogP contribution >= 0.6 is 0 Å². The van der Waals surface area contributed by atoms with Crippen LogP contribution < -0.4 is 16.0 Å². The molecule has 1 fully saturated rings. The van der Waals surface area contributed by atoms with E-state index in [0.717, 1.165) is 37.1 Å². The summed E-state index contributed by atoms with van der Waals surface area (Å²) in [5.41, 5.74) is 5.48. The molecule has 0 unspecified atom stereocenters. The second-order valence-corrected chi connectivity index (χ2v) is 5.34. The fraction of sp³-hybridized carbons (Fsp3) is 0.714. The van der Waals surface area contributed by atoms with Gasteiger partial charge in [0.25, 0.3) is 0 Å². The predicted molar refractivity (Wildman–Crippen MR) is 79.4 cm³/mol. The third-order valence-corrected chi connectivity index (χ3v) is 3.83. The first-order chi connectivity index (χ1) is 9.29. The number of hydrogen-bond donors (Lipinski definition) is 2. The Labute approximate surface area is 115 Å². The second-order valence-electron chi connectivity index (χ2n) is 5.34. The van der Waals surface area contributed by atoms with Gasteiger partial charge in [0.05, 0.1) is 0 Å². The number of anilines is 2. The van der Waals surface area contributed by atoms with Gasteiger partial charge in [-0.1, -0.05) is 19.3 Å². The van der Waals surface area contributed by atoms with E-state index in [1.54, 1.807) is 6.33 Å². The minimum absolute atomic E-state index is 0.701. The number of hydrogen-bond acceptors (Lipinski definition) is 5. The van der Waals surface area contributed by atoms with Gasteiger partial charge < -0.3 is 16.0 Å². The molecule has 0 aliphatic heterocycles. The Bertz CT molecular complexity index is 378. The molecule has 5 heteroatoms. The summed E-state index contributed by atoms with van der Waals surface area (Å²) in [6.07, 6.45) is 8.08. The first-order valence-electron chi connectivity index (χ1n) is 7.26. The molecule has 0 atom stereocenters. The first kappa shape index (κ1) is 14.1. The summed E-state index contributed by atoms with van der Waals surface area (Å²) in [6, 6.07) is 2.01. The Balaban J connectivity index is 1.81. The van der Waals surface area contributed by atoms with Gasteiger partial charge in [-0.15, -0.1) is 0 Å². The van der Waals surface area contributed by atoms with Crippen molar-refractivity contribution in [1.82, 2.24) is 9.97 Å². The highest BCUT2D eigenvalue weighted by Crippen LogP contribution is 2.29. The SMILES string of the molecule is CN(CCC1CCC1)c1cc(NCCCN)ncn1. The highest BCUT2D eigenvalue weighted by atomic mass is 15.2. The van der Waals surface area contributed by atoms with Gasteiger partial charge in [-0.2, -0.15) is 0 Å². The summed E-state index contributed by atoms with van der Waals surface area (Å²) in [5, 5.41) is 3.27. The highest BCUT2D eigenvalue weighted by Gasteiger charge is 2.17. The van der Waals surface area contributed by atoms with Gasteiger partial charge in [-0.25, -0.2) is 9.97 Å². The number of rotatable bonds is 8. The molecular formula is C14H25N5. The van der Waals surface area contributed by atoms with E-state index < -0.39 is 0 Å². The summed E-state index contributed by atoms with van der Waals surface area (Å²) in [5.74, 6) is 2.81. The third-order valence-electron chi connectivity index (χ3n) is 3.83. The summed E-state index contributed by atoms with van der Waals surface area (Å²) in [7, 11) is 2.10. The van der Waals surface area contributed by atoms with E-state index in [0.29, 0.717) is 6.54 Å². The number of aromatic nitrogens is 2. The average molecular weight is 263 g/mol. The Morgan fingerprint density at radius 3 is 2.95 bits per heavy atom. The Hall–Kier alpha value is -1.36. The lowest BCUT2D eigenvalue weighted by Crippen LogP contribution is -2.24. The monoisotopic (exact) mass is 263 g/mol. The minimum atomic E-state index is 0.701. The Morgan fingerprint density at radius 2 is 2.26 bits per heavy atom. The molecule has 0 radical (unpaired) electrons. The van der Waals surface area contributed by atoms with Crippen molar-refractivity contribution in [2.75, 3.05) is 36.9 Å². The molecule has 1 aromatic rings. The Morgan fingerprint density at radius 1 is 1.42 bits per heavy atom. The molecule has 0 spiro atoms. The summed E-state index contributed by atoms with van der Waals surface area (Å²) in [6.45, 7) is 2.63. The van der Waals surface area contributed by atoms with Crippen molar-refractivity contribution in [2.24, 2.45) is 11.7 Å². The number of nitrogens with one attached hydrogen (secondary N) is 1. The van der Waals surface area contributed by atoms with E-state index in [1.807, 2.05) is 6.07 Å². The average Bonchev–Trinajstić information content (AvgIpc) is 2.37. The van der Waals surface area contributed by atoms with Gasteiger partial charge in [-0.05, 0) is 25.3 Å². The van der Waals surface area contributed by atoms with Gasteiger partial charge in [0.15, 0.2) is 0 Å². The van der Waals surface area contributed by atoms with Crippen LogP contribution in [0, 0.1) is 5.92 Å². The molecule has 1 heterocycles. The molecule has 19 heavy (non-hydrogen) atoms. The van der Waals surface area contributed by atoms with Crippen molar-refractivity contribution in [3.05, 3.63) is 12.4 Å². The van der Waals surface area contributed by atoms with Crippen LogP contribution in [-0.4, -0.2) is 36.6 Å². The molecule has 2 rings (SSSR count). The van der Waals surface area contributed by atoms with Gasteiger partial charge in [-0.3, -0.25) is 0 Å². The molecule has 1 saturated carbocycles. The zero-order valence-corrected chi connectivity index (χ0v) is 11.8. The molecule has 0 aromatic carbocycles. The summed E-state index contributed by atoms with van der Waals surface area (Å²) >= 11 is 0. The minimum Gasteiger partial charge on any atom is -0.370 e. The van der Waals surface area contributed by atoms with Crippen LogP contribution in [0.2, 0.25) is 0 Å². The van der Waals surface area contributed by atoms with Crippen molar-refractivity contribution < 1.29 is 0 Å². The fourth-order valence-electron chi connectivity index (χ4n) is 2.24. The van der Waals surface area contributed by atoms with Crippen LogP contribution in [0.25, 0.3) is 0 Å². The van der Waals surface area contributed by atoms with E-state index in [2.05, 4.69) is 27.2 Å². The Kier molecular flexibility index (Phi) is 5.39. The van der Waals surface area contributed by atoms with Crippen LogP contribution in [0.1, 0.15) is 32.1 Å². The molecule has 1 aromatic heterocycles. The molecule has 0 bridgehead atoms. The van der Waals surface area contributed by atoms with Crippen molar-refractivity contribution >= 4 is 11.6 Å².